The average molecular weight is 531 g/mol. The molecule has 8 nitrogen and oxygen atoms in total. The van der Waals surface area contributed by atoms with Crippen LogP contribution >= 0.6 is 11.3 Å². The van der Waals surface area contributed by atoms with Gasteiger partial charge in [-0.1, -0.05) is 0 Å². The zero-order chi connectivity index (χ0) is 25.0. The molecule has 0 saturated carbocycles. The molecule has 35 heavy (non-hydrogen) atoms. The van der Waals surface area contributed by atoms with Crippen molar-refractivity contribution in [2.24, 2.45) is 0 Å². The molecule has 0 radical (unpaired) electrons. The van der Waals surface area contributed by atoms with Gasteiger partial charge in [-0.3, -0.25) is 0 Å². The summed E-state index contributed by atoms with van der Waals surface area (Å²) in [6.07, 6.45) is -0.937. The second-order valence-corrected chi connectivity index (χ2v) is 10.2. The molecule has 188 valence electrons. The number of hydrogen-bond acceptors (Lipinski definition) is 8. The third-order valence-electron chi connectivity index (χ3n) is 4.89. The first kappa shape index (κ1) is 25.3. The van der Waals surface area contributed by atoms with Gasteiger partial charge in [0.1, 0.15) is 21.6 Å². The molecular weight excluding hydrogens is 508 g/mol. The summed E-state index contributed by atoms with van der Waals surface area (Å²) in [5.74, 6) is -2.00. The van der Waals surface area contributed by atoms with Gasteiger partial charge in [0.2, 0.25) is 11.8 Å². The molecule has 0 amide bonds. The fourth-order valence-electron chi connectivity index (χ4n) is 3.42. The van der Waals surface area contributed by atoms with Crippen molar-refractivity contribution in [2.75, 3.05) is 28.9 Å². The van der Waals surface area contributed by atoms with Gasteiger partial charge in [-0.05, 0) is 44.5 Å². The Kier molecular flexibility index (Phi) is 7.82. The van der Waals surface area contributed by atoms with Crippen LogP contribution in [0.2, 0.25) is 0 Å². The van der Waals surface area contributed by atoms with E-state index in [9.17, 15) is 21.8 Å². The molecule has 1 aliphatic heterocycles. The highest BCUT2D eigenvalue weighted by Gasteiger charge is 2.30. The topological polar surface area (TPSA) is 101 Å². The van der Waals surface area contributed by atoms with Gasteiger partial charge in [-0.2, -0.15) is 13.2 Å². The molecule has 2 unspecified atom stereocenters. The van der Waals surface area contributed by atoms with Crippen LogP contribution in [0, 0.1) is 12.7 Å². The van der Waals surface area contributed by atoms with Gasteiger partial charge >= 0.3 is 6.18 Å². The molecule has 3 N–H and O–H groups in total. The molecule has 1 saturated heterocycles. The molecule has 2 aromatic heterocycles. The molecule has 3 aromatic rings. The van der Waals surface area contributed by atoms with Gasteiger partial charge in [-0.15, -0.1) is 11.3 Å². The van der Waals surface area contributed by atoms with E-state index in [0.717, 1.165) is 32.0 Å². The van der Waals surface area contributed by atoms with Crippen LogP contribution in [0.4, 0.5) is 29.2 Å². The van der Waals surface area contributed by atoms with Crippen molar-refractivity contribution in [2.45, 2.75) is 32.0 Å². The molecular formula is C21H22F4N6O2S2. The molecule has 4 rings (SSSR count). The zero-order valence-electron chi connectivity index (χ0n) is 18.5. The maximum Gasteiger partial charge on any atom is 0.402 e. The van der Waals surface area contributed by atoms with Crippen molar-refractivity contribution < 1.29 is 26.5 Å². The van der Waals surface area contributed by atoms with E-state index in [0.29, 0.717) is 21.5 Å². The predicted octanol–water partition coefficient (Wildman–Crippen LogP) is 4.64. The van der Waals surface area contributed by atoms with Crippen LogP contribution in [-0.4, -0.2) is 50.2 Å². The number of nitrogens with one attached hydrogen (secondary N) is 3. The number of aryl methyl sites for hydroxylation is 1. The minimum atomic E-state index is -4.61. The number of thiazole rings is 1. The number of piperidine rings is 1. The molecule has 1 aromatic carbocycles. The number of nitrogens with zero attached hydrogens (tertiary/aromatic N) is 3. The first-order chi connectivity index (χ1) is 16.7. The van der Waals surface area contributed by atoms with E-state index in [1.54, 1.807) is 19.2 Å². The first-order valence-corrected chi connectivity index (χ1v) is 12.8. The van der Waals surface area contributed by atoms with Crippen LogP contribution < -0.4 is 20.1 Å². The van der Waals surface area contributed by atoms with E-state index in [4.69, 9.17) is 4.74 Å². The second kappa shape index (κ2) is 10.8. The Labute approximate surface area is 205 Å². The number of rotatable bonds is 8. The highest BCUT2D eigenvalue weighted by molar-refractivity contribution is 7.86. The zero-order valence-corrected chi connectivity index (χ0v) is 20.1. The molecule has 0 aliphatic carbocycles. The fourth-order valence-corrected chi connectivity index (χ4v) is 4.99. The number of halogens is 4. The Balaban J connectivity index is 1.50. The Morgan fingerprint density at radius 2 is 2.11 bits per heavy atom. The van der Waals surface area contributed by atoms with E-state index >= 15 is 0 Å². The Bertz CT molecular complexity index is 1200. The lowest BCUT2D eigenvalue weighted by molar-refractivity contribution is -0.105. The lowest BCUT2D eigenvalue weighted by Gasteiger charge is -2.23. The van der Waals surface area contributed by atoms with E-state index in [1.165, 1.54) is 23.5 Å². The first-order valence-electron chi connectivity index (χ1n) is 10.6. The maximum atomic E-state index is 14.6. The van der Waals surface area contributed by atoms with Crippen molar-refractivity contribution in [3.8, 4) is 22.2 Å². The summed E-state index contributed by atoms with van der Waals surface area (Å²) in [6.45, 7) is 3.57. The molecule has 2 atom stereocenters. The summed E-state index contributed by atoms with van der Waals surface area (Å²) in [4.78, 5) is 13.7. The van der Waals surface area contributed by atoms with Crippen LogP contribution in [0.15, 0.2) is 30.5 Å². The summed E-state index contributed by atoms with van der Waals surface area (Å²) < 4.78 is 71.1. The molecule has 1 fully saturated rings. The van der Waals surface area contributed by atoms with Crippen LogP contribution in [0.1, 0.15) is 17.8 Å². The van der Waals surface area contributed by atoms with Gasteiger partial charge in [-0.25, -0.2) is 23.6 Å². The van der Waals surface area contributed by atoms with Crippen molar-refractivity contribution in [3.63, 3.8) is 0 Å². The maximum absolute atomic E-state index is 14.6. The number of anilines is 2. The predicted molar refractivity (Wildman–Crippen MR) is 127 cm³/mol. The fraction of sp³-hybridized carbons (Fsp3) is 0.381. The van der Waals surface area contributed by atoms with Crippen LogP contribution in [-0.2, 0) is 11.0 Å². The number of alkyl halides is 3. The quantitative estimate of drug-likeness (QED) is 0.365. The van der Waals surface area contributed by atoms with Gasteiger partial charge in [0.05, 0.1) is 10.7 Å². The number of ether oxygens (including phenoxy) is 1. The summed E-state index contributed by atoms with van der Waals surface area (Å²) >= 11 is 1.32. The van der Waals surface area contributed by atoms with Crippen molar-refractivity contribution in [1.82, 2.24) is 20.3 Å². The van der Waals surface area contributed by atoms with Crippen molar-refractivity contribution in [1.29, 1.82) is 0 Å². The molecule has 1 aliphatic rings. The lowest BCUT2D eigenvalue weighted by atomic mass is 10.1. The third kappa shape index (κ3) is 7.08. The lowest BCUT2D eigenvalue weighted by Crippen LogP contribution is -2.38. The van der Waals surface area contributed by atoms with Gasteiger partial charge < -0.3 is 20.1 Å². The Hall–Kier alpha value is -2.84. The molecule has 0 spiro atoms. The summed E-state index contributed by atoms with van der Waals surface area (Å²) in [6, 6.07) is 5.32. The van der Waals surface area contributed by atoms with Gasteiger partial charge in [0.15, 0.2) is 11.6 Å². The largest absolute Gasteiger partial charge is 0.434 e. The molecule has 3 heterocycles. The van der Waals surface area contributed by atoms with E-state index in [2.05, 4.69) is 30.3 Å². The minimum absolute atomic E-state index is 0.0733. The standard InChI is InChI=1S/C21H22F4N6O2S2/c1-12-28-19(33-17-5-4-13(9-15(17)22)31-35(32)11-21(23,24)25)18(34-12)16-6-8-27-20(30-16)29-14-3-2-7-26-10-14/h4-6,8-9,14,26,31H,2-3,7,10-11H2,1H3,(H,27,29,30). The normalized spacial score (nSPS) is 17.1. The van der Waals surface area contributed by atoms with Crippen molar-refractivity contribution >= 4 is 34.0 Å². The highest BCUT2D eigenvalue weighted by Crippen LogP contribution is 2.38. The minimum Gasteiger partial charge on any atom is -0.434 e. The van der Waals surface area contributed by atoms with Crippen LogP contribution in [0.3, 0.4) is 0 Å². The number of aromatic nitrogens is 3. The smallest absolute Gasteiger partial charge is 0.402 e. The number of benzene rings is 1. The van der Waals surface area contributed by atoms with Gasteiger partial charge in [0, 0.05) is 30.5 Å². The molecule has 14 heteroatoms. The Morgan fingerprint density at radius 3 is 2.83 bits per heavy atom. The summed E-state index contributed by atoms with van der Waals surface area (Å²) in [7, 11) is -2.44. The van der Waals surface area contributed by atoms with Gasteiger partial charge in [0.25, 0.3) is 0 Å². The SMILES string of the molecule is Cc1nc(Oc2ccc(NS(=O)CC(F)(F)F)cc2F)c(-c2ccnc(NC3CCCNC3)n2)s1. The average Bonchev–Trinajstić information content (AvgIpc) is 3.15. The summed E-state index contributed by atoms with van der Waals surface area (Å²) in [5.41, 5.74) is 0.476. The van der Waals surface area contributed by atoms with Crippen molar-refractivity contribution in [3.05, 3.63) is 41.3 Å². The summed E-state index contributed by atoms with van der Waals surface area (Å²) in [5, 5.41) is 7.29. The van der Waals surface area contributed by atoms with E-state index in [1.807, 2.05) is 0 Å². The van der Waals surface area contributed by atoms with E-state index < -0.39 is 28.7 Å². The monoisotopic (exact) mass is 530 g/mol. The van der Waals surface area contributed by atoms with Crippen LogP contribution in [0.5, 0.6) is 11.6 Å². The Morgan fingerprint density at radius 1 is 1.29 bits per heavy atom. The number of hydrogen-bond donors (Lipinski definition) is 3. The van der Waals surface area contributed by atoms with Crippen LogP contribution in [0.25, 0.3) is 10.6 Å². The third-order valence-corrected chi connectivity index (χ3v) is 6.91. The van der Waals surface area contributed by atoms with E-state index in [-0.39, 0.29) is 23.4 Å². The second-order valence-electron chi connectivity index (χ2n) is 7.77. The molecule has 0 bridgehead atoms. The highest BCUT2D eigenvalue weighted by atomic mass is 32.2.